The maximum atomic E-state index is 13.3. The second-order valence-electron chi connectivity index (χ2n) is 3.20. The zero-order valence-electron chi connectivity index (χ0n) is 9.41. The zero-order valence-corrected chi connectivity index (χ0v) is 11.6. The Labute approximate surface area is 116 Å². The van der Waals surface area contributed by atoms with Crippen molar-refractivity contribution in [3.05, 3.63) is 31.6 Å². The van der Waals surface area contributed by atoms with E-state index in [1.54, 1.807) is 29.5 Å². The number of hydrogen-bond donors (Lipinski definition) is 1. The monoisotopic (exact) mass is 368 g/mol. The van der Waals surface area contributed by atoms with Gasteiger partial charge in [0, 0.05) is 12.1 Å². The number of carbonyl (C=O) groups excluding carboxylic acids is 1. The molecule has 0 spiro atoms. The van der Waals surface area contributed by atoms with E-state index in [0.29, 0.717) is 0 Å². The van der Waals surface area contributed by atoms with Gasteiger partial charge < -0.3 is 10.1 Å². The van der Waals surface area contributed by atoms with Crippen molar-refractivity contribution in [3.8, 4) is 0 Å². The minimum Gasteiger partial charge on any atom is -0.465 e. The molecule has 0 fully saturated rings. The van der Waals surface area contributed by atoms with Crippen molar-refractivity contribution in [1.29, 1.82) is 0 Å². The summed E-state index contributed by atoms with van der Waals surface area (Å²) in [5.41, 5.74) is -0.337. The fraction of sp³-hybridized carbons (Fsp3) is 0.300. The van der Waals surface area contributed by atoms with E-state index in [1.807, 2.05) is 0 Å². The fourth-order valence-corrected chi connectivity index (χ4v) is 1.66. The molecule has 0 aliphatic carbocycles. The van der Waals surface area contributed by atoms with Gasteiger partial charge in [0.2, 0.25) is 0 Å². The molecule has 1 aromatic rings. The van der Waals surface area contributed by atoms with E-state index in [4.69, 9.17) is 0 Å². The SMILES string of the molecule is CCOC(=O)CNc1cc(F)c(I)cc1[N+](=O)[O-]. The molecule has 0 unspecified atom stereocenters. The van der Waals surface area contributed by atoms with E-state index in [2.05, 4.69) is 10.1 Å². The van der Waals surface area contributed by atoms with Crippen LogP contribution in [-0.4, -0.2) is 24.0 Å². The molecular weight excluding hydrogens is 358 g/mol. The molecule has 0 aliphatic rings. The zero-order chi connectivity index (χ0) is 13.7. The largest absolute Gasteiger partial charge is 0.465 e. The number of nitro groups is 1. The maximum Gasteiger partial charge on any atom is 0.325 e. The van der Waals surface area contributed by atoms with Crippen LogP contribution in [0.15, 0.2) is 12.1 Å². The minimum atomic E-state index is -0.644. The molecule has 6 nitrogen and oxygen atoms in total. The molecule has 0 radical (unpaired) electrons. The number of anilines is 1. The summed E-state index contributed by atoms with van der Waals surface area (Å²) < 4.78 is 18.1. The van der Waals surface area contributed by atoms with Gasteiger partial charge in [0.05, 0.1) is 15.1 Å². The molecule has 0 aliphatic heterocycles. The number of ether oxygens (including phenoxy) is 1. The van der Waals surface area contributed by atoms with E-state index >= 15 is 0 Å². The van der Waals surface area contributed by atoms with Gasteiger partial charge in [0.15, 0.2) is 0 Å². The lowest BCUT2D eigenvalue weighted by Crippen LogP contribution is -2.17. The molecule has 0 amide bonds. The van der Waals surface area contributed by atoms with E-state index in [1.165, 1.54) is 0 Å². The van der Waals surface area contributed by atoms with Crippen molar-refractivity contribution in [2.45, 2.75) is 6.92 Å². The van der Waals surface area contributed by atoms with Crippen LogP contribution in [0.2, 0.25) is 0 Å². The fourth-order valence-electron chi connectivity index (χ4n) is 1.21. The van der Waals surface area contributed by atoms with Crippen molar-refractivity contribution < 1.29 is 18.8 Å². The summed E-state index contributed by atoms with van der Waals surface area (Å²) in [6, 6.07) is 2.09. The third-order valence-electron chi connectivity index (χ3n) is 1.96. The van der Waals surface area contributed by atoms with Gasteiger partial charge in [-0.05, 0) is 29.5 Å². The standard InChI is InChI=1S/C10H10FIN2O4/c1-2-18-10(15)5-13-8-3-6(11)7(12)4-9(8)14(16)17/h3-4,13H,2,5H2,1H3. The molecule has 0 aromatic heterocycles. The van der Waals surface area contributed by atoms with Crippen molar-refractivity contribution in [2.24, 2.45) is 0 Å². The van der Waals surface area contributed by atoms with Crippen LogP contribution in [0.3, 0.4) is 0 Å². The topological polar surface area (TPSA) is 81.5 Å². The molecule has 8 heteroatoms. The highest BCUT2D eigenvalue weighted by Gasteiger charge is 2.18. The van der Waals surface area contributed by atoms with Crippen LogP contribution in [0.5, 0.6) is 0 Å². The Hall–Kier alpha value is -1.45. The first-order valence-electron chi connectivity index (χ1n) is 4.98. The van der Waals surface area contributed by atoms with Crippen LogP contribution in [0, 0.1) is 19.5 Å². The van der Waals surface area contributed by atoms with Crippen LogP contribution >= 0.6 is 22.6 Å². The van der Waals surface area contributed by atoms with Crippen molar-refractivity contribution in [2.75, 3.05) is 18.5 Å². The Morgan fingerprint density at radius 2 is 2.28 bits per heavy atom. The average molecular weight is 368 g/mol. The molecule has 0 heterocycles. The summed E-state index contributed by atoms with van der Waals surface area (Å²) >= 11 is 1.66. The van der Waals surface area contributed by atoms with Gasteiger partial charge in [-0.25, -0.2) is 4.39 Å². The van der Waals surface area contributed by atoms with Gasteiger partial charge in [-0.2, -0.15) is 0 Å². The maximum absolute atomic E-state index is 13.3. The van der Waals surface area contributed by atoms with Gasteiger partial charge in [0.25, 0.3) is 5.69 Å². The first-order valence-corrected chi connectivity index (χ1v) is 6.06. The number of esters is 1. The lowest BCUT2D eigenvalue weighted by atomic mass is 10.2. The molecule has 0 bridgehead atoms. The molecule has 1 aromatic carbocycles. The quantitative estimate of drug-likeness (QED) is 0.373. The summed E-state index contributed by atoms with van der Waals surface area (Å²) in [6.45, 7) is 1.60. The Morgan fingerprint density at radius 1 is 1.61 bits per heavy atom. The Morgan fingerprint density at radius 3 is 2.83 bits per heavy atom. The van der Waals surface area contributed by atoms with E-state index in [9.17, 15) is 19.3 Å². The summed E-state index contributed by atoms with van der Waals surface area (Å²) in [7, 11) is 0. The molecular formula is C10H10FIN2O4. The highest BCUT2D eigenvalue weighted by molar-refractivity contribution is 14.1. The van der Waals surface area contributed by atoms with Crippen molar-refractivity contribution >= 4 is 39.9 Å². The van der Waals surface area contributed by atoms with Gasteiger partial charge in [0.1, 0.15) is 18.0 Å². The molecule has 1 rings (SSSR count). The van der Waals surface area contributed by atoms with Crippen LogP contribution in [-0.2, 0) is 9.53 Å². The molecule has 18 heavy (non-hydrogen) atoms. The normalized spacial score (nSPS) is 9.94. The van der Waals surface area contributed by atoms with Crippen molar-refractivity contribution in [3.63, 3.8) is 0 Å². The first-order chi connectivity index (χ1) is 8.45. The number of nitro benzene ring substituents is 1. The number of nitrogens with one attached hydrogen (secondary N) is 1. The van der Waals surface area contributed by atoms with Crippen LogP contribution in [0.1, 0.15) is 6.92 Å². The predicted octanol–water partition coefficient (Wildman–Crippen LogP) is 2.31. The third-order valence-corrected chi connectivity index (χ3v) is 2.79. The van der Waals surface area contributed by atoms with Gasteiger partial charge in [-0.3, -0.25) is 14.9 Å². The Bertz CT molecular complexity index is 481. The summed E-state index contributed by atoms with van der Waals surface area (Å²) in [6.07, 6.45) is 0. The molecule has 1 N–H and O–H groups in total. The third kappa shape index (κ3) is 3.79. The Kier molecular flexibility index (Phi) is 5.25. The van der Waals surface area contributed by atoms with E-state index in [-0.39, 0.29) is 28.1 Å². The number of carbonyl (C=O) groups is 1. The molecule has 98 valence electrons. The van der Waals surface area contributed by atoms with Crippen molar-refractivity contribution in [1.82, 2.24) is 0 Å². The smallest absolute Gasteiger partial charge is 0.325 e. The summed E-state index contributed by atoms with van der Waals surface area (Å²) in [5.74, 6) is -1.15. The molecule has 0 atom stereocenters. The number of halogens is 2. The summed E-state index contributed by atoms with van der Waals surface area (Å²) in [4.78, 5) is 21.2. The molecule has 0 saturated heterocycles. The van der Waals surface area contributed by atoms with Crippen LogP contribution in [0.25, 0.3) is 0 Å². The van der Waals surface area contributed by atoms with Gasteiger partial charge >= 0.3 is 5.97 Å². The minimum absolute atomic E-state index is 0.0500. The second kappa shape index (κ2) is 6.47. The molecule has 0 saturated carbocycles. The summed E-state index contributed by atoms with van der Waals surface area (Å²) in [5, 5.41) is 13.3. The Balaban J connectivity index is 2.90. The lowest BCUT2D eigenvalue weighted by molar-refractivity contribution is -0.384. The number of hydrogen-bond acceptors (Lipinski definition) is 5. The van der Waals surface area contributed by atoms with Gasteiger partial charge in [-0.1, -0.05) is 0 Å². The van der Waals surface area contributed by atoms with E-state index in [0.717, 1.165) is 12.1 Å². The van der Waals surface area contributed by atoms with Crippen LogP contribution in [0.4, 0.5) is 15.8 Å². The number of nitrogens with zero attached hydrogens (tertiary/aromatic N) is 1. The number of benzene rings is 1. The average Bonchev–Trinajstić information content (AvgIpc) is 2.30. The predicted molar refractivity (Wildman–Crippen MR) is 70.9 cm³/mol. The lowest BCUT2D eigenvalue weighted by Gasteiger charge is -2.07. The highest BCUT2D eigenvalue weighted by Crippen LogP contribution is 2.28. The van der Waals surface area contributed by atoms with Crippen LogP contribution < -0.4 is 5.32 Å². The number of rotatable bonds is 5. The first kappa shape index (κ1) is 14.6. The highest BCUT2D eigenvalue weighted by atomic mass is 127. The van der Waals surface area contributed by atoms with E-state index < -0.39 is 16.7 Å². The second-order valence-corrected chi connectivity index (χ2v) is 4.36. The van der Waals surface area contributed by atoms with Gasteiger partial charge in [-0.15, -0.1) is 0 Å².